The Kier molecular flexibility index (Phi) is 7.63. The highest BCUT2D eigenvalue weighted by Crippen LogP contribution is 2.24. The third kappa shape index (κ3) is 5.99. The molecule has 0 saturated heterocycles. The van der Waals surface area contributed by atoms with Crippen LogP contribution in [0.25, 0.3) is 0 Å². The summed E-state index contributed by atoms with van der Waals surface area (Å²) >= 11 is 0. The van der Waals surface area contributed by atoms with E-state index in [2.05, 4.69) is 51.7 Å². The van der Waals surface area contributed by atoms with Gasteiger partial charge in [-0.2, -0.15) is 0 Å². The number of nitrogens with two attached hydrogens (primary N) is 1. The van der Waals surface area contributed by atoms with Gasteiger partial charge in [0.1, 0.15) is 0 Å². The normalized spacial score (nSPS) is 12.7. The van der Waals surface area contributed by atoms with Crippen LogP contribution in [0.3, 0.4) is 0 Å². The fourth-order valence-corrected chi connectivity index (χ4v) is 2.81. The van der Waals surface area contributed by atoms with Crippen molar-refractivity contribution in [3.63, 3.8) is 0 Å². The maximum atomic E-state index is 5.96. The van der Waals surface area contributed by atoms with Crippen LogP contribution in [0.15, 0.2) is 18.2 Å². The van der Waals surface area contributed by atoms with Gasteiger partial charge in [0, 0.05) is 24.5 Å². The van der Waals surface area contributed by atoms with Gasteiger partial charge in [-0.3, -0.25) is 0 Å². The first-order chi connectivity index (χ1) is 9.97. The van der Waals surface area contributed by atoms with Gasteiger partial charge >= 0.3 is 0 Å². The second-order valence-corrected chi connectivity index (χ2v) is 6.76. The number of anilines is 2. The number of hydrogen-bond acceptors (Lipinski definition) is 2. The van der Waals surface area contributed by atoms with Crippen molar-refractivity contribution >= 4 is 11.4 Å². The molecule has 0 saturated carbocycles. The van der Waals surface area contributed by atoms with Crippen molar-refractivity contribution in [3.8, 4) is 0 Å². The second kappa shape index (κ2) is 8.96. The van der Waals surface area contributed by atoms with Crippen molar-refractivity contribution in [2.75, 3.05) is 23.7 Å². The van der Waals surface area contributed by atoms with Crippen LogP contribution in [0, 0.1) is 18.8 Å². The molecule has 120 valence electrons. The zero-order valence-electron chi connectivity index (χ0n) is 14.7. The summed E-state index contributed by atoms with van der Waals surface area (Å²) in [4.78, 5) is 2.56. The van der Waals surface area contributed by atoms with E-state index in [4.69, 9.17) is 5.73 Å². The number of aryl methyl sites for hydroxylation is 1. The van der Waals surface area contributed by atoms with Crippen LogP contribution >= 0.6 is 0 Å². The number of unbranched alkanes of at least 4 members (excludes halogenated alkanes) is 1. The van der Waals surface area contributed by atoms with Crippen LogP contribution in [-0.4, -0.2) is 13.1 Å². The molecule has 1 rings (SSSR count). The predicted octanol–water partition coefficient (Wildman–Crippen LogP) is 5.26. The SMILES string of the molecule is CCCCC(CC)CN(CC(C)C)c1ccc(N)c(C)c1. The Morgan fingerprint density at radius 2 is 1.86 bits per heavy atom. The first kappa shape index (κ1) is 17.9. The topological polar surface area (TPSA) is 29.3 Å². The standard InChI is InChI=1S/C19H34N2/c1-6-8-9-17(7-2)14-21(13-15(3)4)18-10-11-19(20)16(5)12-18/h10-12,15,17H,6-9,13-14,20H2,1-5H3. The highest BCUT2D eigenvalue weighted by molar-refractivity contribution is 5.58. The fourth-order valence-electron chi connectivity index (χ4n) is 2.81. The monoisotopic (exact) mass is 290 g/mol. The quantitative estimate of drug-likeness (QED) is 0.629. The van der Waals surface area contributed by atoms with E-state index in [1.54, 1.807) is 0 Å². The molecule has 2 nitrogen and oxygen atoms in total. The zero-order chi connectivity index (χ0) is 15.8. The molecule has 0 radical (unpaired) electrons. The summed E-state index contributed by atoms with van der Waals surface area (Å²) in [5.41, 5.74) is 9.36. The highest BCUT2D eigenvalue weighted by atomic mass is 15.1. The van der Waals surface area contributed by atoms with E-state index in [-0.39, 0.29) is 0 Å². The highest BCUT2D eigenvalue weighted by Gasteiger charge is 2.15. The largest absolute Gasteiger partial charge is 0.399 e. The average Bonchev–Trinajstić information content (AvgIpc) is 2.44. The van der Waals surface area contributed by atoms with Crippen molar-refractivity contribution in [2.45, 2.75) is 60.3 Å². The third-order valence-corrected chi connectivity index (χ3v) is 4.23. The molecule has 1 aromatic carbocycles. The number of nitrogen functional groups attached to an aromatic ring is 1. The molecule has 1 unspecified atom stereocenters. The van der Waals surface area contributed by atoms with Crippen LogP contribution in [0.5, 0.6) is 0 Å². The Hall–Kier alpha value is -1.18. The molecule has 21 heavy (non-hydrogen) atoms. The Balaban J connectivity index is 2.85. The summed E-state index contributed by atoms with van der Waals surface area (Å²) in [5, 5.41) is 0. The van der Waals surface area contributed by atoms with E-state index in [1.807, 2.05) is 6.07 Å². The molecule has 0 aliphatic rings. The molecule has 0 aliphatic carbocycles. The molecular weight excluding hydrogens is 256 g/mol. The summed E-state index contributed by atoms with van der Waals surface area (Å²) in [6, 6.07) is 6.46. The lowest BCUT2D eigenvalue weighted by Crippen LogP contribution is -2.32. The Labute approximate surface area is 131 Å². The van der Waals surface area contributed by atoms with E-state index >= 15 is 0 Å². The molecule has 1 aromatic rings. The van der Waals surface area contributed by atoms with Crippen LogP contribution in [-0.2, 0) is 0 Å². The van der Waals surface area contributed by atoms with Gasteiger partial charge in [-0.05, 0) is 48.9 Å². The van der Waals surface area contributed by atoms with Crippen LogP contribution in [0.2, 0.25) is 0 Å². The summed E-state index contributed by atoms with van der Waals surface area (Å²) in [6.45, 7) is 13.6. The average molecular weight is 290 g/mol. The lowest BCUT2D eigenvalue weighted by Gasteiger charge is -2.31. The molecule has 1 atom stereocenters. The van der Waals surface area contributed by atoms with Crippen molar-refractivity contribution in [1.29, 1.82) is 0 Å². The van der Waals surface area contributed by atoms with Gasteiger partial charge in [-0.1, -0.05) is 47.0 Å². The summed E-state index contributed by atoms with van der Waals surface area (Å²) in [7, 11) is 0. The minimum absolute atomic E-state index is 0.673. The third-order valence-electron chi connectivity index (χ3n) is 4.23. The molecule has 0 amide bonds. The van der Waals surface area contributed by atoms with E-state index in [0.717, 1.165) is 24.7 Å². The second-order valence-electron chi connectivity index (χ2n) is 6.76. The fraction of sp³-hybridized carbons (Fsp3) is 0.684. The Morgan fingerprint density at radius 1 is 1.14 bits per heavy atom. The van der Waals surface area contributed by atoms with Gasteiger partial charge in [0.05, 0.1) is 0 Å². The number of benzene rings is 1. The van der Waals surface area contributed by atoms with Crippen molar-refractivity contribution in [2.24, 2.45) is 11.8 Å². The molecule has 0 fully saturated rings. The van der Waals surface area contributed by atoms with Crippen molar-refractivity contribution < 1.29 is 0 Å². The Bertz CT molecular complexity index is 412. The first-order valence-corrected chi connectivity index (χ1v) is 8.58. The molecular formula is C19H34N2. The molecule has 2 N–H and O–H groups in total. The van der Waals surface area contributed by atoms with E-state index in [1.165, 1.54) is 36.9 Å². The summed E-state index contributed by atoms with van der Waals surface area (Å²) in [6.07, 6.45) is 5.24. The minimum atomic E-state index is 0.673. The van der Waals surface area contributed by atoms with Gasteiger partial charge in [0.2, 0.25) is 0 Å². The minimum Gasteiger partial charge on any atom is -0.399 e. The van der Waals surface area contributed by atoms with Crippen LogP contribution in [0.1, 0.15) is 58.9 Å². The molecule has 2 heteroatoms. The predicted molar refractivity (Wildman–Crippen MR) is 95.9 cm³/mol. The van der Waals surface area contributed by atoms with E-state index in [0.29, 0.717) is 5.92 Å². The summed E-state index contributed by atoms with van der Waals surface area (Å²) < 4.78 is 0. The van der Waals surface area contributed by atoms with Gasteiger partial charge in [-0.15, -0.1) is 0 Å². The van der Waals surface area contributed by atoms with Crippen LogP contribution in [0.4, 0.5) is 11.4 Å². The maximum Gasteiger partial charge on any atom is 0.0370 e. The van der Waals surface area contributed by atoms with Gasteiger partial charge in [0.25, 0.3) is 0 Å². The number of rotatable bonds is 9. The first-order valence-electron chi connectivity index (χ1n) is 8.58. The lowest BCUT2D eigenvalue weighted by molar-refractivity contribution is 0.435. The number of nitrogens with zero attached hydrogens (tertiary/aromatic N) is 1. The van der Waals surface area contributed by atoms with E-state index < -0.39 is 0 Å². The van der Waals surface area contributed by atoms with Crippen molar-refractivity contribution in [1.82, 2.24) is 0 Å². The smallest absolute Gasteiger partial charge is 0.0370 e. The molecule has 0 bridgehead atoms. The van der Waals surface area contributed by atoms with Crippen LogP contribution < -0.4 is 10.6 Å². The lowest BCUT2D eigenvalue weighted by atomic mass is 9.97. The molecule has 0 aromatic heterocycles. The summed E-state index contributed by atoms with van der Waals surface area (Å²) in [5.74, 6) is 1.47. The van der Waals surface area contributed by atoms with Gasteiger partial charge in [-0.25, -0.2) is 0 Å². The Morgan fingerprint density at radius 3 is 2.38 bits per heavy atom. The van der Waals surface area contributed by atoms with Gasteiger partial charge in [0.15, 0.2) is 0 Å². The van der Waals surface area contributed by atoms with Gasteiger partial charge < -0.3 is 10.6 Å². The molecule has 0 heterocycles. The van der Waals surface area contributed by atoms with E-state index in [9.17, 15) is 0 Å². The molecule has 0 spiro atoms. The molecule has 0 aliphatic heterocycles. The maximum absolute atomic E-state index is 5.96. The number of hydrogen-bond donors (Lipinski definition) is 1. The zero-order valence-corrected chi connectivity index (χ0v) is 14.7. The van der Waals surface area contributed by atoms with Crippen molar-refractivity contribution in [3.05, 3.63) is 23.8 Å².